The van der Waals surface area contributed by atoms with Crippen molar-refractivity contribution in [2.45, 2.75) is 6.92 Å². The van der Waals surface area contributed by atoms with E-state index in [0.29, 0.717) is 5.02 Å². The predicted octanol–water partition coefficient (Wildman–Crippen LogP) is 2.73. The lowest BCUT2D eigenvalue weighted by molar-refractivity contribution is 0.0519. The number of carbonyl (C=O) groups is 1. The van der Waals surface area contributed by atoms with Crippen molar-refractivity contribution < 1.29 is 9.53 Å². The van der Waals surface area contributed by atoms with Gasteiger partial charge in [0.2, 0.25) is 0 Å². The molecule has 0 aromatic carbocycles. The number of hydrogen-bond acceptors (Lipinski definition) is 4. The number of carbonyl (C=O) groups excluding carboxylic acids is 1. The van der Waals surface area contributed by atoms with Gasteiger partial charge in [-0.3, -0.25) is 0 Å². The van der Waals surface area contributed by atoms with Crippen LogP contribution in [-0.4, -0.2) is 17.6 Å². The first-order chi connectivity index (χ1) is 6.16. The standard InChI is InChI=1S/C8H7Cl2NO2.H3N/c1-2-13-8(12)7-6(10)5(9)3-4-11-7;/h3-4H,2H2,1H3;1H3. The number of aromatic nitrogens is 1. The second-order valence-corrected chi connectivity index (χ2v) is 2.96. The van der Waals surface area contributed by atoms with Gasteiger partial charge in [-0.2, -0.15) is 0 Å². The summed E-state index contributed by atoms with van der Waals surface area (Å²) >= 11 is 11.4. The fraction of sp³-hybridized carbons (Fsp3) is 0.250. The largest absolute Gasteiger partial charge is 0.461 e. The van der Waals surface area contributed by atoms with Gasteiger partial charge in [0, 0.05) is 6.20 Å². The maximum atomic E-state index is 11.2. The van der Waals surface area contributed by atoms with Crippen LogP contribution in [0.4, 0.5) is 0 Å². The Morgan fingerprint density at radius 2 is 2.21 bits per heavy atom. The fourth-order valence-electron chi connectivity index (χ4n) is 0.762. The fourth-order valence-corrected chi connectivity index (χ4v) is 1.10. The minimum Gasteiger partial charge on any atom is -0.461 e. The van der Waals surface area contributed by atoms with Gasteiger partial charge in [-0.25, -0.2) is 9.78 Å². The zero-order valence-corrected chi connectivity index (χ0v) is 9.10. The van der Waals surface area contributed by atoms with Gasteiger partial charge in [0.1, 0.15) is 0 Å². The highest BCUT2D eigenvalue weighted by molar-refractivity contribution is 6.43. The van der Waals surface area contributed by atoms with Crippen molar-refractivity contribution in [3.05, 3.63) is 28.0 Å². The number of esters is 1. The second-order valence-electron chi connectivity index (χ2n) is 2.18. The van der Waals surface area contributed by atoms with Crippen molar-refractivity contribution in [3.63, 3.8) is 0 Å². The Morgan fingerprint density at radius 1 is 1.57 bits per heavy atom. The minimum atomic E-state index is -0.560. The molecule has 3 N–H and O–H groups in total. The van der Waals surface area contributed by atoms with E-state index < -0.39 is 5.97 Å². The maximum Gasteiger partial charge on any atom is 0.358 e. The van der Waals surface area contributed by atoms with Crippen LogP contribution in [0.2, 0.25) is 10.0 Å². The topological polar surface area (TPSA) is 74.2 Å². The van der Waals surface area contributed by atoms with Gasteiger partial charge in [-0.1, -0.05) is 23.2 Å². The number of pyridine rings is 1. The van der Waals surface area contributed by atoms with Gasteiger partial charge < -0.3 is 10.9 Å². The molecule has 14 heavy (non-hydrogen) atoms. The van der Waals surface area contributed by atoms with E-state index in [1.807, 2.05) is 0 Å². The molecule has 1 heterocycles. The van der Waals surface area contributed by atoms with Crippen LogP contribution >= 0.6 is 23.2 Å². The highest BCUT2D eigenvalue weighted by Crippen LogP contribution is 2.23. The lowest BCUT2D eigenvalue weighted by Gasteiger charge is -2.03. The lowest BCUT2D eigenvalue weighted by atomic mass is 10.3. The van der Waals surface area contributed by atoms with E-state index in [1.165, 1.54) is 12.3 Å². The summed E-state index contributed by atoms with van der Waals surface area (Å²) < 4.78 is 4.72. The molecule has 0 spiro atoms. The molecule has 0 atom stereocenters. The number of rotatable bonds is 2. The van der Waals surface area contributed by atoms with Crippen LogP contribution in [0, 0.1) is 0 Å². The van der Waals surface area contributed by atoms with Crippen molar-refractivity contribution in [2.75, 3.05) is 6.61 Å². The van der Waals surface area contributed by atoms with E-state index >= 15 is 0 Å². The third-order valence-corrected chi connectivity index (χ3v) is 2.11. The predicted molar refractivity (Wildman–Crippen MR) is 55.2 cm³/mol. The molecule has 0 bridgehead atoms. The molecule has 6 heteroatoms. The summed E-state index contributed by atoms with van der Waals surface area (Å²) in [6, 6.07) is 1.51. The molecule has 0 aliphatic heterocycles. The Labute approximate surface area is 91.8 Å². The van der Waals surface area contributed by atoms with Crippen LogP contribution in [0.1, 0.15) is 17.4 Å². The molecule has 0 saturated carbocycles. The van der Waals surface area contributed by atoms with E-state index in [4.69, 9.17) is 27.9 Å². The highest BCUT2D eigenvalue weighted by Gasteiger charge is 2.14. The minimum absolute atomic E-state index is 0. The Balaban J connectivity index is 0.00000169. The molecule has 1 aromatic heterocycles. The van der Waals surface area contributed by atoms with E-state index in [0.717, 1.165) is 0 Å². The molecule has 0 aliphatic carbocycles. The molecular weight excluding hydrogens is 227 g/mol. The Morgan fingerprint density at radius 3 is 2.79 bits per heavy atom. The third-order valence-electron chi connectivity index (χ3n) is 1.31. The van der Waals surface area contributed by atoms with E-state index in [1.54, 1.807) is 6.92 Å². The van der Waals surface area contributed by atoms with Crippen LogP contribution in [0.3, 0.4) is 0 Å². The Bertz CT molecular complexity index is 331. The van der Waals surface area contributed by atoms with Crippen LogP contribution in [0.25, 0.3) is 0 Å². The van der Waals surface area contributed by atoms with E-state index in [9.17, 15) is 4.79 Å². The molecule has 1 aromatic rings. The number of halogens is 2. The lowest BCUT2D eigenvalue weighted by Crippen LogP contribution is -2.07. The molecular formula is C8H10Cl2N2O2. The van der Waals surface area contributed by atoms with Gasteiger partial charge >= 0.3 is 5.97 Å². The van der Waals surface area contributed by atoms with Gasteiger partial charge in [0.15, 0.2) is 5.69 Å². The monoisotopic (exact) mass is 236 g/mol. The summed E-state index contributed by atoms with van der Waals surface area (Å²) in [7, 11) is 0. The molecule has 78 valence electrons. The summed E-state index contributed by atoms with van der Waals surface area (Å²) in [6.07, 6.45) is 1.40. The number of hydrogen-bond donors (Lipinski definition) is 1. The van der Waals surface area contributed by atoms with Crippen LogP contribution < -0.4 is 6.15 Å². The highest BCUT2D eigenvalue weighted by atomic mass is 35.5. The maximum absolute atomic E-state index is 11.2. The van der Waals surface area contributed by atoms with Crippen molar-refractivity contribution >= 4 is 29.2 Å². The average molecular weight is 237 g/mol. The molecule has 1 rings (SSSR count). The van der Waals surface area contributed by atoms with E-state index in [2.05, 4.69) is 4.98 Å². The zero-order valence-electron chi connectivity index (χ0n) is 7.59. The van der Waals surface area contributed by atoms with Crippen molar-refractivity contribution in [3.8, 4) is 0 Å². The summed E-state index contributed by atoms with van der Waals surface area (Å²) in [5, 5.41) is 0.419. The van der Waals surface area contributed by atoms with E-state index in [-0.39, 0.29) is 23.5 Å². The summed E-state index contributed by atoms with van der Waals surface area (Å²) in [5.74, 6) is -0.560. The molecule has 0 radical (unpaired) electrons. The summed E-state index contributed by atoms with van der Waals surface area (Å²) in [4.78, 5) is 15.0. The summed E-state index contributed by atoms with van der Waals surface area (Å²) in [5.41, 5.74) is 0.0519. The number of nitrogens with zero attached hydrogens (tertiary/aromatic N) is 1. The van der Waals surface area contributed by atoms with Crippen molar-refractivity contribution in [1.29, 1.82) is 0 Å². The third kappa shape index (κ3) is 2.83. The Hall–Kier alpha value is -0.840. The SMILES string of the molecule is CCOC(=O)c1nccc(Cl)c1Cl.N. The Kier molecular flexibility index (Phi) is 5.45. The second kappa shape index (κ2) is 5.80. The van der Waals surface area contributed by atoms with Gasteiger partial charge in [-0.15, -0.1) is 0 Å². The first-order valence-electron chi connectivity index (χ1n) is 3.64. The molecule has 0 unspecified atom stereocenters. The van der Waals surface area contributed by atoms with Crippen molar-refractivity contribution in [1.82, 2.24) is 11.1 Å². The van der Waals surface area contributed by atoms with Crippen molar-refractivity contribution in [2.24, 2.45) is 0 Å². The van der Waals surface area contributed by atoms with Gasteiger partial charge in [0.05, 0.1) is 16.7 Å². The molecule has 0 fully saturated rings. The first-order valence-corrected chi connectivity index (χ1v) is 4.39. The van der Waals surface area contributed by atoms with Gasteiger partial charge in [-0.05, 0) is 13.0 Å². The normalized spacial score (nSPS) is 9.07. The van der Waals surface area contributed by atoms with Gasteiger partial charge in [0.25, 0.3) is 0 Å². The average Bonchev–Trinajstić information content (AvgIpc) is 2.10. The number of ether oxygens (including phenoxy) is 1. The van der Waals surface area contributed by atoms with Crippen LogP contribution in [0.5, 0.6) is 0 Å². The molecule has 0 saturated heterocycles. The molecule has 4 nitrogen and oxygen atoms in total. The van der Waals surface area contributed by atoms with Crippen LogP contribution in [0.15, 0.2) is 12.3 Å². The zero-order chi connectivity index (χ0) is 9.84. The smallest absolute Gasteiger partial charge is 0.358 e. The first kappa shape index (κ1) is 13.2. The molecule has 0 amide bonds. The molecule has 0 aliphatic rings. The summed E-state index contributed by atoms with van der Waals surface area (Å²) in [6.45, 7) is 1.99. The quantitative estimate of drug-likeness (QED) is 0.802. The van der Waals surface area contributed by atoms with Crippen LogP contribution in [-0.2, 0) is 4.74 Å².